The summed E-state index contributed by atoms with van der Waals surface area (Å²) in [5, 5.41) is 0. The van der Waals surface area contributed by atoms with Gasteiger partial charge < -0.3 is 14.2 Å². The lowest BCUT2D eigenvalue weighted by Crippen LogP contribution is -2.30. The first-order valence-electron chi connectivity index (χ1n) is 34.1. The standard InChI is InChI=1S/C71H130O6/c1-4-7-10-13-16-19-22-25-28-31-33-35-36-37-39-40-43-46-49-52-55-58-61-64-70(73)76-67-68(66-75-69(72)63-60-57-54-51-48-45-42-30-27-24-21-18-15-12-9-6-3)77-71(74)65-62-59-56-53-50-47-44-41-38-34-32-29-26-23-20-17-14-11-8-5-2/h21-22,24-25,30-31,33,42,68H,4-20,23,26-29,32,34-41,43-67H2,1-3H3/b24-21-,25-22-,33-31-,42-30-. The molecule has 0 rings (SSSR count). The first-order valence-corrected chi connectivity index (χ1v) is 34.1. The van der Waals surface area contributed by atoms with Crippen molar-refractivity contribution in [3.8, 4) is 0 Å². The molecule has 6 heteroatoms. The Hall–Kier alpha value is -2.63. The highest BCUT2D eigenvalue weighted by atomic mass is 16.6. The van der Waals surface area contributed by atoms with Crippen LogP contribution in [0.4, 0.5) is 0 Å². The zero-order valence-corrected chi connectivity index (χ0v) is 51.7. The molecule has 450 valence electrons. The van der Waals surface area contributed by atoms with Crippen molar-refractivity contribution in [2.45, 2.75) is 374 Å². The molecule has 0 spiro atoms. The number of carbonyl (C=O) groups excluding carboxylic acids is 3. The van der Waals surface area contributed by atoms with Gasteiger partial charge in [-0.25, -0.2) is 0 Å². The van der Waals surface area contributed by atoms with E-state index in [0.29, 0.717) is 19.3 Å². The lowest BCUT2D eigenvalue weighted by Gasteiger charge is -2.18. The third-order valence-electron chi connectivity index (χ3n) is 15.3. The lowest BCUT2D eigenvalue weighted by atomic mass is 10.0. The van der Waals surface area contributed by atoms with Crippen LogP contribution < -0.4 is 0 Å². The Kier molecular flexibility index (Phi) is 63.6. The van der Waals surface area contributed by atoms with Crippen molar-refractivity contribution in [3.63, 3.8) is 0 Å². The monoisotopic (exact) mass is 1080 g/mol. The van der Waals surface area contributed by atoms with Crippen LogP contribution in [0.2, 0.25) is 0 Å². The Morgan fingerprint density at radius 2 is 0.468 bits per heavy atom. The van der Waals surface area contributed by atoms with E-state index in [2.05, 4.69) is 69.4 Å². The second kappa shape index (κ2) is 65.9. The lowest BCUT2D eigenvalue weighted by molar-refractivity contribution is -0.167. The number of esters is 3. The molecule has 77 heavy (non-hydrogen) atoms. The third-order valence-corrected chi connectivity index (χ3v) is 15.3. The van der Waals surface area contributed by atoms with Gasteiger partial charge in [0.15, 0.2) is 6.10 Å². The summed E-state index contributed by atoms with van der Waals surface area (Å²) in [7, 11) is 0. The minimum Gasteiger partial charge on any atom is -0.462 e. The first-order chi connectivity index (χ1) is 38.0. The van der Waals surface area contributed by atoms with Crippen molar-refractivity contribution in [3.05, 3.63) is 48.6 Å². The predicted octanol–water partition coefficient (Wildman–Crippen LogP) is 23.3. The van der Waals surface area contributed by atoms with E-state index in [-0.39, 0.29) is 31.1 Å². The Morgan fingerprint density at radius 3 is 0.727 bits per heavy atom. The molecular weight excluding hydrogens is 949 g/mol. The van der Waals surface area contributed by atoms with Gasteiger partial charge in [0.05, 0.1) is 0 Å². The molecule has 1 unspecified atom stereocenters. The SMILES string of the molecule is CCCCCC/C=C\C/C=C\CCCCCCCC(=O)OCC(COC(=O)CCCCCCCCCCCCC/C=C\C/C=C\CCCCCCC)OC(=O)CCCCCCCCCCCCCCCCCCCCCC. The number of carbonyl (C=O) groups is 3. The fourth-order valence-electron chi connectivity index (χ4n) is 10.2. The van der Waals surface area contributed by atoms with E-state index in [1.165, 1.54) is 244 Å². The average Bonchev–Trinajstić information content (AvgIpc) is 3.43. The van der Waals surface area contributed by atoms with Gasteiger partial charge in [0.1, 0.15) is 13.2 Å². The van der Waals surface area contributed by atoms with Crippen LogP contribution in [0.3, 0.4) is 0 Å². The van der Waals surface area contributed by atoms with Crippen LogP contribution >= 0.6 is 0 Å². The Balaban J connectivity index is 4.32. The maximum absolute atomic E-state index is 12.9. The minimum atomic E-state index is -0.779. The summed E-state index contributed by atoms with van der Waals surface area (Å²) in [6.07, 6.45) is 82.6. The van der Waals surface area contributed by atoms with Crippen LogP contribution in [0, 0.1) is 0 Å². The molecule has 0 saturated carbocycles. The van der Waals surface area contributed by atoms with Crippen molar-refractivity contribution in [2.75, 3.05) is 13.2 Å². The number of rotatable bonds is 63. The molecule has 0 aliphatic heterocycles. The fraction of sp³-hybridized carbons (Fsp3) is 0.845. The van der Waals surface area contributed by atoms with E-state index < -0.39 is 6.10 Å². The Morgan fingerprint density at radius 1 is 0.260 bits per heavy atom. The van der Waals surface area contributed by atoms with Gasteiger partial charge in [0.2, 0.25) is 0 Å². The van der Waals surface area contributed by atoms with Gasteiger partial charge in [0, 0.05) is 19.3 Å². The highest BCUT2D eigenvalue weighted by molar-refractivity contribution is 5.71. The zero-order valence-electron chi connectivity index (χ0n) is 51.7. The summed E-state index contributed by atoms with van der Waals surface area (Å²) in [4.78, 5) is 38.4. The quantitative estimate of drug-likeness (QED) is 0.0261. The number of allylic oxidation sites excluding steroid dienone is 8. The summed E-state index contributed by atoms with van der Waals surface area (Å²) < 4.78 is 17.0. The number of ether oxygens (including phenoxy) is 3. The van der Waals surface area contributed by atoms with E-state index in [1.54, 1.807) is 0 Å². The van der Waals surface area contributed by atoms with E-state index in [9.17, 15) is 14.4 Å². The highest BCUT2D eigenvalue weighted by Crippen LogP contribution is 2.18. The molecule has 0 saturated heterocycles. The zero-order chi connectivity index (χ0) is 55.7. The molecule has 0 aromatic rings. The molecule has 0 aliphatic rings. The summed E-state index contributed by atoms with van der Waals surface area (Å²) in [6, 6.07) is 0. The van der Waals surface area contributed by atoms with Crippen LogP contribution in [-0.2, 0) is 28.6 Å². The Bertz CT molecular complexity index is 1330. The van der Waals surface area contributed by atoms with Crippen molar-refractivity contribution in [2.24, 2.45) is 0 Å². The fourth-order valence-corrected chi connectivity index (χ4v) is 10.2. The molecule has 0 aliphatic carbocycles. The van der Waals surface area contributed by atoms with Gasteiger partial charge in [-0.1, -0.05) is 313 Å². The van der Waals surface area contributed by atoms with E-state index in [0.717, 1.165) is 83.5 Å². The van der Waals surface area contributed by atoms with Crippen LogP contribution in [0.5, 0.6) is 0 Å². The molecule has 0 fully saturated rings. The number of hydrogen-bond donors (Lipinski definition) is 0. The van der Waals surface area contributed by atoms with Gasteiger partial charge in [-0.3, -0.25) is 14.4 Å². The smallest absolute Gasteiger partial charge is 0.306 e. The predicted molar refractivity (Wildman–Crippen MR) is 335 cm³/mol. The van der Waals surface area contributed by atoms with Gasteiger partial charge in [-0.15, -0.1) is 0 Å². The van der Waals surface area contributed by atoms with Gasteiger partial charge in [0.25, 0.3) is 0 Å². The molecule has 0 radical (unpaired) electrons. The highest BCUT2D eigenvalue weighted by Gasteiger charge is 2.19. The molecule has 0 heterocycles. The van der Waals surface area contributed by atoms with Crippen LogP contribution in [0.15, 0.2) is 48.6 Å². The van der Waals surface area contributed by atoms with Crippen molar-refractivity contribution < 1.29 is 28.6 Å². The second-order valence-corrected chi connectivity index (χ2v) is 23.1. The Labute approximate surface area is 479 Å². The second-order valence-electron chi connectivity index (χ2n) is 23.1. The van der Waals surface area contributed by atoms with Gasteiger partial charge in [-0.05, 0) is 83.5 Å². The van der Waals surface area contributed by atoms with Crippen molar-refractivity contribution in [1.82, 2.24) is 0 Å². The summed E-state index contributed by atoms with van der Waals surface area (Å²) >= 11 is 0. The van der Waals surface area contributed by atoms with Crippen molar-refractivity contribution >= 4 is 17.9 Å². The molecule has 0 bridgehead atoms. The average molecular weight is 1080 g/mol. The minimum absolute atomic E-state index is 0.0749. The maximum atomic E-state index is 12.9. The molecule has 6 nitrogen and oxygen atoms in total. The topological polar surface area (TPSA) is 78.9 Å². The molecule has 0 aromatic carbocycles. The van der Waals surface area contributed by atoms with Crippen molar-refractivity contribution in [1.29, 1.82) is 0 Å². The van der Waals surface area contributed by atoms with Gasteiger partial charge >= 0.3 is 17.9 Å². The number of hydrogen-bond acceptors (Lipinski definition) is 6. The summed E-state index contributed by atoms with van der Waals surface area (Å²) in [5.41, 5.74) is 0. The normalized spacial score (nSPS) is 12.3. The van der Waals surface area contributed by atoms with E-state index >= 15 is 0 Å². The molecular formula is C71H130O6. The van der Waals surface area contributed by atoms with Crippen LogP contribution in [-0.4, -0.2) is 37.2 Å². The first kappa shape index (κ1) is 74.4. The summed E-state index contributed by atoms with van der Waals surface area (Å²) in [5.74, 6) is -0.865. The van der Waals surface area contributed by atoms with E-state index in [4.69, 9.17) is 14.2 Å². The van der Waals surface area contributed by atoms with Gasteiger partial charge in [-0.2, -0.15) is 0 Å². The largest absolute Gasteiger partial charge is 0.462 e. The third kappa shape index (κ3) is 64.1. The molecule has 0 N–H and O–H groups in total. The molecule has 0 amide bonds. The van der Waals surface area contributed by atoms with Crippen LogP contribution in [0.1, 0.15) is 367 Å². The molecule has 1 atom stereocenters. The molecule has 0 aromatic heterocycles. The maximum Gasteiger partial charge on any atom is 0.306 e. The summed E-state index contributed by atoms with van der Waals surface area (Å²) in [6.45, 7) is 6.66. The van der Waals surface area contributed by atoms with Crippen LogP contribution in [0.25, 0.3) is 0 Å². The van der Waals surface area contributed by atoms with E-state index in [1.807, 2.05) is 0 Å². The number of unbranched alkanes of at least 4 members (excludes halogenated alkanes) is 44.